The van der Waals surface area contributed by atoms with E-state index in [0.717, 1.165) is 56.2 Å². The summed E-state index contributed by atoms with van der Waals surface area (Å²) in [7, 11) is 3.22. The molecular formula is C31H45N3O5S. The predicted octanol–water partition coefficient (Wildman–Crippen LogP) is 6.49. The molecule has 0 unspecified atom stereocenters. The molecule has 0 atom stereocenters. The van der Waals surface area contributed by atoms with Gasteiger partial charge in [0, 0.05) is 30.9 Å². The first kappa shape index (κ1) is 29.1. The Bertz CT molecular complexity index is 1170. The molecule has 1 aromatic rings. The van der Waals surface area contributed by atoms with Gasteiger partial charge in [-0.3, -0.25) is 14.5 Å². The summed E-state index contributed by atoms with van der Waals surface area (Å²) in [6, 6.07) is 1.51. The van der Waals surface area contributed by atoms with Crippen molar-refractivity contribution < 1.29 is 24.3 Å². The second kappa shape index (κ2) is 10.8. The number of imide groups is 1. The molecule has 220 valence electrons. The molecule has 4 aliphatic rings. The minimum atomic E-state index is -0.984. The summed E-state index contributed by atoms with van der Waals surface area (Å²) >= 11 is 1.34. The number of rotatable bonds is 5. The van der Waals surface area contributed by atoms with Crippen LogP contribution < -0.4 is 4.90 Å². The summed E-state index contributed by atoms with van der Waals surface area (Å²) in [5.41, 5.74) is -0.0204. The van der Waals surface area contributed by atoms with Crippen molar-refractivity contribution in [3.63, 3.8) is 0 Å². The van der Waals surface area contributed by atoms with Crippen LogP contribution in [0.25, 0.3) is 0 Å². The van der Waals surface area contributed by atoms with Crippen LogP contribution in [0.1, 0.15) is 118 Å². The van der Waals surface area contributed by atoms with E-state index < -0.39 is 11.5 Å². The Morgan fingerprint density at radius 3 is 2.08 bits per heavy atom. The van der Waals surface area contributed by atoms with Crippen molar-refractivity contribution in [3.8, 4) is 0 Å². The molecule has 1 aliphatic heterocycles. The summed E-state index contributed by atoms with van der Waals surface area (Å²) in [6.07, 6.45) is 9.96. The van der Waals surface area contributed by atoms with Gasteiger partial charge in [-0.1, -0.05) is 20.8 Å². The number of anilines is 1. The fraction of sp³-hybridized carbons (Fsp3) is 0.742. The van der Waals surface area contributed by atoms with E-state index in [9.17, 15) is 24.3 Å². The Morgan fingerprint density at radius 2 is 1.55 bits per heavy atom. The van der Waals surface area contributed by atoms with Gasteiger partial charge in [-0.05, 0) is 100 Å². The molecule has 40 heavy (non-hydrogen) atoms. The third kappa shape index (κ3) is 5.07. The number of nitrogens with zero attached hydrogens (tertiary/aromatic N) is 3. The number of carboxylic acid groups (broad SMARTS) is 1. The monoisotopic (exact) mass is 571 g/mol. The van der Waals surface area contributed by atoms with Gasteiger partial charge in [0.1, 0.15) is 10.4 Å². The van der Waals surface area contributed by atoms with E-state index in [0.29, 0.717) is 48.6 Å². The number of carbonyl (C=O) groups excluding carboxylic acids is 3. The van der Waals surface area contributed by atoms with Crippen LogP contribution in [-0.2, 0) is 9.59 Å². The van der Waals surface area contributed by atoms with Crippen LogP contribution in [0, 0.1) is 17.3 Å². The summed E-state index contributed by atoms with van der Waals surface area (Å²) in [4.78, 5) is 58.5. The highest BCUT2D eigenvalue weighted by Gasteiger charge is 2.56. The highest BCUT2D eigenvalue weighted by Crippen LogP contribution is 2.48. The molecule has 1 N–H and O–H groups in total. The highest BCUT2D eigenvalue weighted by atomic mass is 32.1. The quantitative estimate of drug-likeness (QED) is 0.407. The van der Waals surface area contributed by atoms with Gasteiger partial charge in [-0.2, -0.15) is 0 Å². The number of carboxylic acids is 1. The Morgan fingerprint density at radius 1 is 0.950 bits per heavy atom. The third-order valence-corrected chi connectivity index (χ3v) is 11.9. The van der Waals surface area contributed by atoms with Crippen molar-refractivity contribution in [2.24, 2.45) is 17.3 Å². The Kier molecular flexibility index (Phi) is 7.83. The van der Waals surface area contributed by atoms with Gasteiger partial charge >= 0.3 is 12.0 Å². The summed E-state index contributed by atoms with van der Waals surface area (Å²) in [5, 5.41) is 10.3. The Hall–Kier alpha value is -2.42. The fourth-order valence-electron chi connectivity index (χ4n) is 7.65. The first-order valence-corrected chi connectivity index (χ1v) is 15.9. The molecule has 1 aromatic heterocycles. The van der Waals surface area contributed by atoms with Crippen molar-refractivity contribution in [2.45, 2.75) is 115 Å². The molecule has 0 radical (unpaired) electrons. The maximum Gasteiger partial charge on any atom is 0.348 e. The average Bonchev–Trinajstić information content (AvgIpc) is 3.42. The zero-order valence-electron chi connectivity index (χ0n) is 24.7. The zero-order chi connectivity index (χ0) is 29.0. The van der Waals surface area contributed by atoms with Crippen molar-refractivity contribution in [1.29, 1.82) is 0 Å². The number of amides is 4. The van der Waals surface area contributed by atoms with E-state index in [-0.39, 0.29) is 34.7 Å². The fourth-order valence-corrected chi connectivity index (χ4v) is 8.81. The third-order valence-electron chi connectivity index (χ3n) is 10.6. The van der Waals surface area contributed by atoms with E-state index in [1.54, 1.807) is 11.9 Å². The Balaban J connectivity index is 1.47. The summed E-state index contributed by atoms with van der Waals surface area (Å²) in [6.45, 7) is 6.82. The molecule has 2 heterocycles. The minimum Gasteiger partial charge on any atom is -0.477 e. The second-order valence-corrected chi connectivity index (χ2v) is 14.8. The van der Waals surface area contributed by atoms with Crippen LogP contribution in [0.2, 0.25) is 0 Å². The number of urea groups is 1. The highest BCUT2D eigenvalue weighted by molar-refractivity contribution is 7.14. The standard InChI is InChI=1S/C31H45N3O5S/c1-19-6-8-21(9-7-19)26(35)34(22-12-16-31(17-13-22)28(38)32(4)29(39)33(31)5)23-18-24(40-25(23)27(36)37)20-10-14-30(2,3)15-11-20/h18-22H,6-17H2,1-5H3,(H,36,37)/t19-,21-,22?,31?. The van der Waals surface area contributed by atoms with Gasteiger partial charge in [0.25, 0.3) is 5.91 Å². The lowest BCUT2D eigenvalue weighted by Crippen LogP contribution is -2.55. The van der Waals surface area contributed by atoms with Gasteiger partial charge in [0.15, 0.2) is 0 Å². The molecule has 3 aliphatic carbocycles. The van der Waals surface area contributed by atoms with E-state index in [4.69, 9.17) is 0 Å². The predicted molar refractivity (Wildman–Crippen MR) is 156 cm³/mol. The summed E-state index contributed by atoms with van der Waals surface area (Å²) < 4.78 is 0. The molecule has 4 fully saturated rings. The number of hydrogen-bond donors (Lipinski definition) is 1. The average molecular weight is 572 g/mol. The van der Waals surface area contributed by atoms with Gasteiger partial charge in [0.05, 0.1) is 5.69 Å². The molecule has 4 amide bonds. The summed E-state index contributed by atoms with van der Waals surface area (Å²) in [5.74, 6) is -0.328. The number of aromatic carboxylic acids is 1. The second-order valence-electron chi connectivity index (χ2n) is 13.7. The molecule has 8 nitrogen and oxygen atoms in total. The van der Waals surface area contributed by atoms with Crippen LogP contribution in [-0.4, -0.2) is 64.4 Å². The van der Waals surface area contributed by atoms with Crippen molar-refractivity contribution in [1.82, 2.24) is 9.80 Å². The van der Waals surface area contributed by atoms with Gasteiger partial charge in [-0.15, -0.1) is 11.3 Å². The smallest absolute Gasteiger partial charge is 0.348 e. The minimum absolute atomic E-state index is 0.0313. The van der Waals surface area contributed by atoms with Crippen LogP contribution >= 0.6 is 11.3 Å². The number of hydrogen-bond acceptors (Lipinski definition) is 5. The van der Waals surface area contributed by atoms with Crippen LogP contribution in [0.5, 0.6) is 0 Å². The van der Waals surface area contributed by atoms with E-state index in [1.165, 1.54) is 23.3 Å². The van der Waals surface area contributed by atoms with Crippen LogP contribution in [0.15, 0.2) is 6.07 Å². The van der Waals surface area contributed by atoms with E-state index in [1.807, 2.05) is 11.0 Å². The van der Waals surface area contributed by atoms with Crippen molar-refractivity contribution in [2.75, 3.05) is 19.0 Å². The molecule has 9 heteroatoms. The molecule has 0 bridgehead atoms. The largest absolute Gasteiger partial charge is 0.477 e. The first-order chi connectivity index (χ1) is 18.8. The number of thiophene rings is 1. The van der Waals surface area contributed by atoms with E-state index >= 15 is 0 Å². The lowest BCUT2D eigenvalue weighted by Gasteiger charge is -2.43. The molecule has 3 saturated carbocycles. The van der Waals surface area contributed by atoms with E-state index in [2.05, 4.69) is 20.8 Å². The normalized spacial score (nSPS) is 27.4. The Labute approximate surface area is 242 Å². The van der Waals surface area contributed by atoms with Crippen LogP contribution in [0.3, 0.4) is 0 Å². The van der Waals surface area contributed by atoms with Gasteiger partial charge in [-0.25, -0.2) is 9.59 Å². The zero-order valence-corrected chi connectivity index (χ0v) is 25.5. The topological polar surface area (TPSA) is 98.2 Å². The molecule has 0 aromatic carbocycles. The number of carbonyl (C=O) groups is 4. The van der Waals surface area contributed by atoms with Gasteiger partial charge < -0.3 is 14.9 Å². The SMILES string of the molecule is CN1C(=O)N(C)C2(CCC(N(c3cc(C4CCC(C)(C)CC4)sc3C(=O)O)C(=O)[C@H]3CC[C@H](C)CC3)CC2)C1=O. The maximum absolute atomic E-state index is 14.3. The van der Waals surface area contributed by atoms with Crippen LogP contribution in [0.4, 0.5) is 10.5 Å². The maximum atomic E-state index is 14.3. The van der Waals surface area contributed by atoms with Gasteiger partial charge in [0.2, 0.25) is 5.91 Å². The molecule has 5 rings (SSSR count). The molecular weight excluding hydrogens is 526 g/mol. The number of likely N-dealkylation sites (N-methyl/N-ethyl adjacent to an activating group) is 2. The molecule has 1 spiro atoms. The molecule has 1 saturated heterocycles. The van der Waals surface area contributed by atoms with Crippen molar-refractivity contribution >= 4 is 40.8 Å². The first-order valence-electron chi connectivity index (χ1n) is 15.1. The van der Waals surface area contributed by atoms with Crippen molar-refractivity contribution in [3.05, 3.63) is 15.8 Å². The lowest BCUT2D eigenvalue weighted by molar-refractivity contribution is -0.133. The lowest BCUT2D eigenvalue weighted by atomic mass is 9.73.